The van der Waals surface area contributed by atoms with Gasteiger partial charge in [0.15, 0.2) is 0 Å². The second-order valence-corrected chi connectivity index (χ2v) is 10.2. The molecule has 3 aromatic carbocycles. The van der Waals surface area contributed by atoms with E-state index in [1.165, 1.54) is 17.0 Å². The van der Waals surface area contributed by atoms with Crippen LogP contribution in [0.25, 0.3) is 0 Å². The van der Waals surface area contributed by atoms with E-state index in [2.05, 4.69) is 0 Å². The van der Waals surface area contributed by atoms with Crippen molar-refractivity contribution >= 4 is 46.7 Å². The minimum Gasteiger partial charge on any atom is -0.480 e. The van der Waals surface area contributed by atoms with Gasteiger partial charge in [0.2, 0.25) is 0 Å². The highest BCUT2D eigenvalue weighted by Crippen LogP contribution is 2.45. The van der Waals surface area contributed by atoms with E-state index in [-0.39, 0.29) is 12.8 Å². The lowest BCUT2D eigenvalue weighted by atomic mass is 9.88. The quantitative estimate of drug-likeness (QED) is 0.312. The van der Waals surface area contributed by atoms with Gasteiger partial charge in [-0.15, -0.1) is 0 Å². The van der Waals surface area contributed by atoms with Gasteiger partial charge in [-0.1, -0.05) is 78.5 Å². The van der Waals surface area contributed by atoms with Crippen molar-refractivity contribution in [1.82, 2.24) is 4.90 Å². The van der Waals surface area contributed by atoms with Gasteiger partial charge in [0, 0.05) is 11.4 Å². The van der Waals surface area contributed by atoms with Gasteiger partial charge in [-0.25, -0.2) is 9.18 Å². The Kier molecular flexibility index (Phi) is 8.75. The molecule has 1 fully saturated rings. The molecule has 1 aliphatic rings. The number of carboxylic acids is 1. The number of hydrogen-bond acceptors (Lipinski definition) is 3. The maximum absolute atomic E-state index is 14.0. The molecule has 0 aromatic heterocycles. The number of nitrogens with zero attached hydrogens (tertiary/aromatic N) is 1. The molecule has 0 radical (unpaired) electrons. The smallest absolute Gasteiger partial charge is 0.326 e. The van der Waals surface area contributed by atoms with Gasteiger partial charge in [-0.05, 0) is 59.5 Å². The van der Waals surface area contributed by atoms with Gasteiger partial charge < -0.3 is 14.7 Å². The highest BCUT2D eigenvalue weighted by molar-refractivity contribution is 6.42. The van der Waals surface area contributed by atoms with Crippen LogP contribution < -0.4 is 0 Å². The zero-order valence-electron chi connectivity index (χ0n) is 19.9. The fraction of sp³-hybridized carbons (Fsp3) is 0.286. The van der Waals surface area contributed by atoms with Crippen LogP contribution in [-0.4, -0.2) is 34.0 Å². The van der Waals surface area contributed by atoms with Crippen LogP contribution in [0, 0.1) is 5.82 Å². The molecule has 0 bridgehead atoms. The number of halogens is 4. The molecule has 5 nitrogen and oxygen atoms in total. The molecule has 37 heavy (non-hydrogen) atoms. The van der Waals surface area contributed by atoms with E-state index in [9.17, 15) is 19.1 Å². The summed E-state index contributed by atoms with van der Waals surface area (Å²) in [5.41, 5.74) is 1.98. The fourth-order valence-corrected chi connectivity index (χ4v) is 5.11. The van der Waals surface area contributed by atoms with Crippen molar-refractivity contribution in [3.05, 3.63) is 104 Å². The predicted molar refractivity (Wildman–Crippen MR) is 142 cm³/mol. The van der Waals surface area contributed by atoms with Crippen molar-refractivity contribution in [3.63, 3.8) is 0 Å². The Bertz CT molecular complexity index is 1270. The van der Waals surface area contributed by atoms with E-state index in [1.54, 1.807) is 54.6 Å². The zero-order valence-corrected chi connectivity index (χ0v) is 22.2. The third kappa shape index (κ3) is 6.10. The van der Waals surface area contributed by atoms with Gasteiger partial charge in [0.25, 0.3) is 5.91 Å². The summed E-state index contributed by atoms with van der Waals surface area (Å²) in [5, 5.41) is 11.4. The molecular formula is C28H25Cl3FNO4. The second kappa shape index (κ2) is 11.8. The maximum Gasteiger partial charge on any atom is 0.326 e. The summed E-state index contributed by atoms with van der Waals surface area (Å²) in [7, 11) is 0. The Morgan fingerprint density at radius 1 is 1.00 bits per heavy atom. The Labute approximate surface area is 229 Å². The minimum absolute atomic E-state index is 0.138. The fourth-order valence-electron chi connectivity index (χ4n) is 4.68. The molecule has 1 aliphatic heterocycles. The lowest BCUT2D eigenvalue weighted by Gasteiger charge is -2.47. The number of amides is 1. The first-order valence-electron chi connectivity index (χ1n) is 11.8. The van der Waals surface area contributed by atoms with Crippen LogP contribution in [0.2, 0.25) is 15.1 Å². The highest BCUT2D eigenvalue weighted by atomic mass is 35.5. The Balaban J connectivity index is 1.87. The second-order valence-electron chi connectivity index (χ2n) is 8.93. The Morgan fingerprint density at radius 2 is 1.65 bits per heavy atom. The first-order chi connectivity index (χ1) is 17.7. The van der Waals surface area contributed by atoms with E-state index < -0.39 is 42.0 Å². The molecule has 1 N–H and O–H groups in total. The van der Waals surface area contributed by atoms with E-state index in [4.69, 9.17) is 39.5 Å². The van der Waals surface area contributed by atoms with Crippen molar-refractivity contribution in [1.29, 1.82) is 0 Å². The summed E-state index contributed by atoms with van der Waals surface area (Å²) in [6.45, 7) is 1.87. The molecule has 1 heterocycles. The standard InChI is InChI=1S/C28H25Cl3FNO4/c1-2-3-23(28(35)36)33-25(17-6-9-19(29)10-7-17)26(18-8-13-21(30)22(31)15-18)37-24(27(33)34)14-16-4-11-20(32)12-5-16/h4-13,15,23-26H,2-3,14H2,1H3,(H,35,36)/t23-,24+,25-,26+/m0/s1. The first-order valence-corrected chi connectivity index (χ1v) is 13.0. The maximum atomic E-state index is 14.0. The zero-order chi connectivity index (χ0) is 26.7. The summed E-state index contributed by atoms with van der Waals surface area (Å²) in [6.07, 6.45) is -0.832. The van der Waals surface area contributed by atoms with Crippen LogP contribution in [-0.2, 0) is 20.7 Å². The molecule has 3 aromatic rings. The van der Waals surface area contributed by atoms with Crippen LogP contribution in [0.3, 0.4) is 0 Å². The molecular weight excluding hydrogens is 540 g/mol. The minimum atomic E-state index is -1.11. The van der Waals surface area contributed by atoms with Crippen LogP contribution in [0.5, 0.6) is 0 Å². The molecule has 9 heteroatoms. The molecule has 4 atom stereocenters. The summed E-state index contributed by atoms with van der Waals surface area (Å²) in [6, 6.07) is 15.8. The molecule has 4 rings (SSSR count). The highest BCUT2D eigenvalue weighted by Gasteiger charge is 2.48. The lowest BCUT2D eigenvalue weighted by Crippen LogP contribution is -2.57. The number of aliphatic carboxylic acids is 1. The number of ether oxygens (including phenoxy) is 1. The number of benzene rings is 3. The van der Waals surface area contributed by atoms with Crippen molar-refractivity contribution in [3.8, 4) is 0 Å². The molecule has 1 saturated heterocycles. The van der Waals surface area contributed by atoms with Crippen LogP contribution >= 0.6 is 34.8 Å². The Hall–Kier alpha value is -2.64. The monoisotopic (exact) mass is 563 g/mol. The Morgan fingerprint density at radius 3 is 2.24 bits per heavy atom. The third-order valence-electron chi connectivity index (χ3n) is 6.43. The molecule has 0 saturated carbocycles. The van der Waals surface area contributed by atoms with Crippen LogP contribution in [0.15, 0.2) is 66.7 Å². The summed E-state index contributed by atoms with van der Waals surface area (Å²) in [4.78, 5) is 27.8. The predicted octanol–water partition coefficient (Wildman–Crippen LogP) is 7.29. The molecule has 0 aliphatic carbocycles. The molecule has 1 amide bonds. The van der Waals surface area contributed by atoms with Crippen molar-refractivity contribution in [2.24, 2.45) is 0 Å². The number of carbonyl (C=O) groups is 2. The van der Waals surface area contributed by atoms with Crippen molar-refractivity contribution in [2.45, 2.75) is 50.5 Å². The first kappa shape index (κ1) is 27.4. The largest absolute Gasteiger partial charge is 0.480 e. The van der Waals surface area contributed by atoms with E-state index in [0.717, 1.165) is 0 Å². The summed E-state index contributed by atoms with van der Waals surface area (Å²) < 4.78 is 19.9. The van der Waals surface area contributed by atoms with E-state index in [1.807, 2.05) is 6.92 Å². The third-order valence-corrected chi connectivity index (χ3v) is 7.42. The number of rotatable bonds is 8. The number of carboxylic acid groups (broad SMARTS) is 1. The van der Waals surface area contributed by atoms with Crippen LogP contribution in [0.4, 0.5) is 4.39 Å². The van der Waals surface area contributed by atoms with Gasteiger partial charge in [-0.3, -0.25) is 4.79 Å². The average Bonchev–Trinajstić information content (AvgIpc) is 2.87. The number of carbonyl (C=O) groups excluding carboxylic acids is 1. The van der Waals surface area contributed by atoms with Crippen molar-refractivity contribution in [2.75, 3.05) is 0 Å². The van der Waals surface area contributed by atoms with Gasteiger partial charge in [-0.2, -0.15) is 0 Å². The van der Waals surface area contributed by atoms with Gasteiger partial charge in [0.05, 0.1) is 16.1 Å². The number of morpholine rings is 1. The summed E-state index contributed by atoms with van der Waals surface area (Å²) >= 11 is 18.6. The van der Waals surface area contributed by atoms with E-state index >= 15 is 0 Å². The van der Waals surface area contributed by atoms with Crippen LogP contribution in [0.1, 0.15) is 48.6 Å². The average molecular weight is 565 g/mol. The molecule has 194 valence electrons. The van der Waals surface area contributed by atoms with Gasteiger partial charge in [0.1, 0.15) is 24.1 Å². The molecule has 0 spiro atoms. The summed E-state index contributed by atoms with van der Waals surface area (Å²) in [5.74, 6) is -1.96. The topological polar surface area (TPSA) is 66.8 Å². The SMILES string of the molecule is CCC[C@@H](C(=O)O)N1C(=O)[C@@H](Cc2ccc(F)cc2)O[C@H](c2ccc(Cl)c(Cl)c2)[C@@H]1c1ccc(Cl)cc1. The number of hydrogen-bond donors (Lipinski definition) is 1. The van der Waals surface area contributed by atoms with Gasteiger partial charge >= 0.3 is 5.97 Å². The lowest BCUT2D eigenvalue weighted by molar-refractivity contribution is -0.184. The van der Waals surface area contributed by atoms with Crippen molar-refractivity contribution < 1.29 is 23.8 Å². The van der Waals surface area contributed by atoms with E-state index in [0.29, 0.717) is 38.2 Å². The molecule has 0 unspecified atom stereocenters. The normalized spacial score (nSPS) is 20.6.